The number of aromatic nitrogens is 4. The highest BCUT2D eigenvalue weighted by Gasteiger charge is 2.20. The minimum Gasteiger partial charge on any atom is -0.330 e. The Morgan fingerprint density at radius 2 is 1.89 bits per heavy atom. The van der Waals surface area contributed by atoms with Gasteiger partial charge in [0.2, 0.25) is 0 Å². The van der Waals surface area contributed by atoms with Gasteiger partial charge in [-0.25, -0.2) is 0 Å². The average molecular weight is 292 g/mol. The number of rotatable bonds is 3. The quantitative estimate of drug-likeness (QED) is 0.939. The van der Waals surface area contributed by atoms with Crippen LogP contribution in [0.2, 0.25) is 0 Å². The van der Waals surface area contributed by atoms with Crippen molar-refractivity contribution in [3.63, 3.8) is 0 Å². The van der Waals surface area contributed by atoms with Crippen LogP contribution in [0, 0.1) is 12.8 Å². The predicted molar refractivity (Wildman–Crippen MR) is 76.6 cm³/mol. The maximum Gasteiger partial charge on any atom is 0.177 e. The molecule has 0 radical (unpaired) electrons. The highest BCUT2D eigenvalue weighted by molar-refractivity contribution is 5.85. The molecule has 0 saturated carbocycles. The number of nitrogens with two attached hydrogens (primary N) is 1. The zero-order valence-corrected chi connectivity index (χ0v) is 12.3. The van der Waals surface area contributed by atoms with E-state index in [1.807, 2.05) is 19.1 Å². The molecule has 18 heavy (non-hydrogen) atoms. The van der Waals surface area contributed by atoms with Gasteiger partial charge in [0.25, 0.3) is 0 Å². The molecule has 2 aromatic rings. The summed E-state index contributed by atoms with van der Waals surface area (Å²) in [5.41, 5.74) is 7.51. The number of halogens is 2. The van der Waals surface area contributed by atoms with Gasteiger partial charge in [0, 0.05) is 12.5 Å². The predicted octanol–water partition coefficient (Wildman–Crippen LogP) is 1.97. The highest BCUT2D eigenvalue weighted by Crippen LogP contribution is 2.21. The van der Waals surface area contributed by atoms with Gasteiger partial charge in [-0.2, -0.15) is 9.61 Å². The summed E-state index contributed by atoms with van der Waals surface area (Å²) in [5.74, 6) is 1.49. The molecule has 102 valence electrons. The Kier molecular flexibility index (Phi) is 6.52. The Labute approximate surface area is 119 Å². The Bertz CT molecular complexity index is 497. The summed E-state index contributed by atoms with van der Waals surface area (Å²) in [4.78, 5) is 0. The zero-order chi connectivity index (χ0) is 11.7. The molecule has 1 atom stereocenters. The number of nitrogens with zero attached hydrogens (tertiary/aromatic N) is 4. The van der Waals surface area contributed by atoms with Crippen molar-refractivity contribution in [1.29, 1.82) is 0 Å². The van der Waals surface area contributed by atoms with Crippen LogP contribution in [-0.4, -0.2) is 26.4 Å². The van der Waals surface area contributed by atoms with Crippen LogP contribution >= 0.6 is 24.8 Å². The second-order valence-electron chi connectivity index (χ2n) is 4.39. The van der Waals surface area contributed by atoms with Crippen molar-refractivity contribution < 1.29 is 0 Å². The van der Waals surface area contributed by atoms with Crippen LogP contribution in [0.5, 0.6) is 0 Å². The standard InChI is InChI=1S/C11H17N5.2ClH/c1-7(2)9(6-12)11-14-13-10-5-4-8(3)15-16(10)11;;/h4-5,7,9H,6,12H2,1-3H3;2*1H. The molecule has 0 fully saturated rings. The second-order valence-corrected chi connectivity index (χ2v) is 4.39. The maximum atomic E-state index is 5.79. The average Bonchev–Trinajstić information content (AvgIpc) is 2.62. The smallest absolute Gasteiger partial charge is 0.177 e. The Hall–Kier alpha value is -0.910. The van der Waals surface area contributed by atoms with Gasteiger partial charge in [-0.15, -0.1) is 35.0 Å². The van der Waals surface area contributed by atoms with Gasteiger partial charge in [-0.1, -0.05) is 13.8 Å². The van der Waals surface area contributed by atoms with Gasteiger partial charge in [0.15, 0.2) is 11.5 Å². The molecule has 1 unspecified atom stereocenters. The molecule has 7 heteroatoms. The molecule has 0 saturated heterocycles. The van der Waals surface area contributed by atoms with Crippen LogP contribution in [0.3, 0.4) is 0 Å². The summed E-state index contributed by atoms with van der Waals surface area (Å²) in [6.07, 6.45) is 0. The van der Waals surface area contributed by atoms with E-state index in [9.17, 15) is 0 Å². The molecule has 5 nitrogen and oxygen atoms in total. The van der Waals surface area contributed by atoms with Crippen molar-refractivity contribution in [1.82, 2.24) is 19.8 Å². The van der Waals surface area contributed by atoms with Crippen LogP contribution in [0.4, 0.5) is 0 Å². The Morgan fingerprint density at radius 3 is 2.44 bits per heavy atom. The summed E-state index contributed by atoms with van der Waals surface area (Å²) < 4.78 is 1.80. The monoisotopic (exact) mass is 291 g/mol. The van der Waals surface area contributed by atoms with Gasteiger partial charge in [0.05, 0.1) is 5.69 Å². The van der Waals surface area contributed by atoms with E-state index in [1.54, 1.807) is 4.52 Å². The Morgan fingerprint density at radius 1 is 1.22 bits per heavy atom. The van der Waals surface area contributed by atoms with Gasteiger partial charge in [-0.05, 0) is 25.0 Å². The third-order valence-electron chi connectivity index (χ3n) is 2.81. The largest absolute Gasteiger partial charge is 0.330 e. The second kappa shape index (κ2) is 6.87. The normalized spacial score (nSPS) is 12.1. The van der Waals surface area contributed by atoms with E-state index < -0.39 is 0 Å². The van der Waals surface area contributed by atoms with E-state index in [2.05, 4.69) is 29.1 Å². The third-order valence-corrected chi connectivity index (χ3v) is 2.81. The van der Waals surface area contributed by atoms with Crippen molar-refractivity contribution in [2.75, 3.05) is 6.54 Å². The topological polar surface area (TPSA) is 69.1 Å². The fraction of sp³-hybridized carbons (Fsp3) is 0.545. The van der Waals surface area contributed by atoms with E-state index >= 15 is 0 Å². The molecule has 0 aliphatic heterocycles. The molecule has 2 N–H and O–H groups in total. The molecule has 0 aliphatic rings. The van der Waals surface area contributed by atoms with Gasteiger partial charge < -0.3 is 5.73 Å². The van der Waals surface area contributed by atoms with Crippen molar-refractivity contribution in [2.45, 2.75) is 26.7 Å². The van der Waals surface area contributed by atoms with Crippen LogP contribution < -0.4 is 5.73 Å². The molecule has 2 heterocycles. The van der Waals surface area contributed by atoms with Crippen molar-refractivity contribution in [2.24, 2.45) is 11.7 Å². The third kappa shape index (κ3) is 3.10. The summed E-state index contributed by atoms with van der Waals surface area (Å²) >= 11 is 0. The summed E-state index contributed by atoms with van der Waals surface area (Å²) in [6.45, 7) is 6.78. The lowest BCUT2D eigenvalue weighted by atomic mass is 9.95. The first-order chi connectivity index (χ1) is 7.63. The van der Waals surface area contributed by atoms with Crippen molar-refractivity contribution in [3.8, 4) is 0 Å². The minimum atomic E-state index is 0. The summed E-state index contributed by atoms with van der Waals surface area (Å²) in [5, 5.41) is 12.7. The molecule has 2 rings (SSSR count). The molecular weight excluding hydrogens is 273 g/mol. The van der Waals surface area contributed by atoms with Crippen LogP contribution in [0.1, 0.15) is 31.3 Å². The zero-order valence-electron chi connectivity index (χ0n) is 10.7. The SMILES string of the molecule is Cc1ccc2nnc(C(CN)C(C)C)n2n1.Cl.Cl. The van der Waals surface area contributed by atoms with E-state index in [0.717, 1.165) is 17.2 Å². The first-order valence-corrected chi connectivity index (χ1v) is 5.52. The molecule has 2 aromatic heterocycles. The van der Waals surface area contributed by atoms with E-state index in [4.69, 9.17) is 5.73 Å². The molecule has 0 aromatic carbocycles. The van der Waals surface area contributed by atoms with E-state index in [0.29, 0.717) is 12.5 Å². The fourth-order valence-corrected chi connectivity index (χ4v) is 1.80. The lowest BCUT2D eigenvalue weighted by Crippen LogP contribution is -2.21. The summed E-state index contributed by atoms with van der Waals surface area (Å²) in [6, 6.07) is 3.85. The summed E-state index contributed by atoms with van der Waals surface area (Å²) in [7, 11) is 0. The number of aryl methyl sites for hydroxylation is 1. The van der Waals surface area contributed by atoms with Crippen LogP contribution in [-0.2, 0) is 0 Å². The van der Waals surface area contributed by atoms with Gasteiger partial charge in [-0.3, -0.25) is 0 Å². The molecule has 0 spiro atoms. The molecule has 0 aliphatic carbocycles. The van der Waals surface area contributed by atoms with Gasteiger partial charge >= 0.3 is 0 Å². The fourth-order valence-electron chi connectivity index (χ4n) is 1.80. The van der Waals surface area contributed by atoms with E-state index in [1.165, 1.54) is 0 Å². The van der Waals surface area contributed by atoms with Crippen molar-refractivity contribution in [3.05, 3.63) is 23.7 Å². The number of hydrogen-bond donors (Lipinski definition) is 1. The molecular formula is C11H19Cl2N5. The van der Waals surface area contributed by atoms with Crippen LogP contribution in [0.15, 0.2) is 12.1 Å². The number of hydrogen-bond acceptors (Lipinski definition) is 4. The van der Waals surface area contributed by atoms with Crippen LogP contribution in [0.25, 0.3) is 5.65 Å². The molecule has 0 amide bonds. The van der Waals surface area contributed by atoms with Gasteiger partial charge in [0.1, 0.15) is 0 Å². The minimum absolute atomic E-state index is 0. The molecule has 0 bridgehead atoms. The van der Waals surface area contributed by atoms with E-state index in [-0.39, 0.29) is 30.7 Å². The lowest BCUT2D eigenvalue weighted by molar-refractivity contribution is 0.473. The van der Waals surface area contributed by atoms with Crippen molar-refractivity contribution >= 4 is 30.5 Å². The Balaban J connectivity index is 0.00000144. The number of fused-ring (bicyclic) bond motifs is 1. The lowest BCUT2D eigenvalue weighted by Gasteiger charge is -2.16. The first kappa shape index (κ1) is 17.1. The maximum absolute atomic E-state index is 5.79. The highest BCUT2D eigenvalue weighted by atomic mass is 35.5. The first-order valence-electron chi connectivity index (χ1n) is 5.52.